The van der Waals surface area contributed by atoms with Crippen LogP contribution in [0.1, 0.15) is 39.5 Å². The third kappa shape index (κ3) is 5.39. The molecule has 0 spiro atoms. The molecule has 0 saturated heterocycles. The van der Waals surface area contributed by atoms with E-state index in [1.54, 1.807) is 24.3 Å². The number of anilines is 2. The number of rotatable bonds is 4. The summed E-state index contributed by atoms with van der Waals surface area (Å²) >= 11 is 0. The molecule has 1 aliphatic rings. The van der Waals surface area contributed by atoms with Gasteiger partial charge in [0.05, 0.1) is 5.92 Å². The fraction of sp³-hybridized carbons (Fsp3) is 0.529. The van der Waals surface area contributed by atoms with Crippen LogP contribution >= 0.6 is 12.4 Å². The summed E-state index contributed by atoms with van der Waals surface area (Å²) in [7, 11) is 0. The molecular weight excluding hydrogens is 328 g/mol. The summed E-state index contributed by atoms with van der Waals surface area (Å²) in [5.74, 6) is -0.235. The van der Waals surface area contributed by atoms with E-state index in [-0.39, 0.29) is 30.3 Å². The second kappa shape index (κ2) is 8.89. The Morgan fingerprint density at radius 2 is 1.92 bits per heavy atom. The Morgan fingerprint density at radius 1 is 1.25 bits per heavy atom. The van der Waals surface area contributed by atoms with Gasteiger partial charge in [-0.15, -0.1) is 12.4 Å². The maximum absolute atomic E-state index is 12.5. The molecule has 134 valence electrons. The van der Waals surface area contributed by atoms with Crippen molar-refractivity contribution >= 4 is 35.7 Å². The van der Waals surface area contributed by atoms with E-state index in [0.717, 1.165) is 25.7 Å². The largest absolute Gasteiger partial charge is 0.338 e. The van der Waals surface area contributed by atoms with Gasteiger partial charge in [-0.05, 0) is 44.9 Å². The Bertz CT molecular complexity index is 577. The first-order chi connectivity index (χ1) is 10.9. The minimum atomic E-state index is -0.459. The van der Waals surface area contributed by atoms with Crippen LogP contribution in [0.25, 0.3) is 0 Å². The van der Waals surface area contributed by atoms with Gasteiger partial charge >= 0.3 is 6.03 Å². The zero-order valence-electron chi connectivity index (χ0n) is 14.2. The maximum atomic E-state index is 12.5. The van der Waals surface area contributed by atoms with Gasteiger partial charge in [0, 0.05) is 23.5 Å². The first kappa shape index (κ1) is 20.3. The molecule has 0 bridgehead atoms. The number of hydrogen-bond donors (Lipinski definition) is 4. The number of carbonyl (C=O) groups excluding carboxylic acids is 2. The predicted octanol–water partition coefficient (Wildman–Crippen LogP) is 3.10. The van der Waals surface area contributed by atoms with Gasteiger partial charge in [0.15, 0.2) is 0 Å². The van der Waals surface area contributed by atoms with Gasteiger partial charge in [-0.25, -0.2) is 4.79 Å². The summed E-state index contributed by atoms with van der Waals surface area (Å²) in [5.41, 5.74) is 7.11. The summed E-state index contributed by atoms with van der Waals surface area (Å²) in [5, 5.41) is 8.31. The zero-order valence-corrected chi connectivity index (χ0v) is 15.0. The number of benzene rings is 1. The van der Waals surface area contributed by atoms with Crippen molar-refractivity contribution in [1.82, 2.24) is 5.32 Å². The molecule has 0 aromatic heterocycles. The topological polar surface area (TPSA) is 96.2 Å². The molecule has 0 radical (unpaired) electrons. The van der Waals surface area contributed by atoms with E-state index in [1.807, 2.05) is 13.8 Å². The van der Waals surface area contributed by atoms with E-state index in [2.05, 4.69) is 16.0 Å². The van der Waals surface area contributed by atoms with Crippen molar-refractivity contribution < 1.29 is 9.59 Å². The fourth-order valence-electron chi connectivity index (χ4n) is 3.03. The van der Waals surface area contributed by atoms with E-state index in [4.69, 9.17) is 5.73 Å². The molecule has 2 atom stereocenters. The zero-order chi connectivity index (χ0) is 16.9. The molecule has 1 saturated carbocycles. The second-order valence-electron chi connectivity index (χ2n) is 6.36. The third-order valence-corrected chi connectivity index (χ3v) is 4.30. The lowest BCUT2D eigenvalue weighted by Gasteiger charge is -2.37. The van der Waals surface area contributed by atoms with Crippen molar-refractivity contribution in [3.05, 3.63) is 24.3 Å². The smallest absolute Gasteiger partial charge is 0.319 e. The molecule has 2 rings (SSSR count). The molecule has 2 unspecified atom stereocenters. The van der Waals surface area contributed by atoms with Gasteiger partial charge in [0.25, 0.3) is 0 Å². The molecule has 6 nitrogen and oxygen atoms in total. The lowest BCUT2D eigenvalue weighted by Crippen LogP contribution is -2.51. The number of carbonyl (C=O) groups is 2. The van der Waals surface area contributed by atoms with Gasteiger partial charge in [0.1, 0.15) is 0 Å². The van der Waals surface area contributed by atoms with Gasteiger partial charge < -0.3 is 21.7 Å². The molecule has 24 heavy (non-hydrogen) atoms. The number of hydrogen-bond acceptors (Lipinski definition) is 3. The van der Waals surface area contributed by atoms with Crippen molar-refractivity contribution in [2.75, 3.05) is 17.2 Å². The van der Waals surface area contributed by atoms with E-state index >= 15 is 0 Å². The lowest BCUT2D eigenvalue weighted by molar-refractivity contribution is -0.122. The molecular formula is C17H27ClN4O2. The lowest BCUT2D eigenvalue weighted by atomic mass is 9.74. The van der Waals surface area contributed by atoms with Gasteiger partial charge in [-0.3, -0.25) is 4.79 Å². The average Bonchev–Trinajstić information content (AvgIpc) is 2.47. The van der Waals surface area contributed by atoms with Crippen LogP contribution in [0, 0.1) is 5.92 Å². The molecule has 3 amide bonds. The Balaban J connectivity index is 0.00000288. The minimum absolute atomic E-state index is 0. The minimum Gasteiger partial charge on any atom is -0.338 e. The second-order valence-corrected chi connectivity index (χ2v) is 6.36. The monoisotopic (exact) mass is 354 g/mol. The Morgan fingerprint density at radius 3 is 2.54 bits per heavy atom. The predicted molar refractivity (Wildman–Crippen MR) is 99.6 cm³/mol. The molecule has 0 heterocycles. The van der Waals surface area contributed by atoms with Crippen molar-refractivity contribution in [1.29, 1.82) is 0 Å². The van der Waals surface area contributed by atoms with Crippen molar-refractivity contribution in [3.8, 4) is 0 Å². The van der Waals surface area contributed by atoms with Crippen LogP contribution in [0.2, 0.25) is 0 Å². The first-order valence-electron chi connectivity index (χ1n) is 8.17. The molecule has 1 aromatic rings. The van der Waals surface area contributed by atoms with Crippen LogP contribution in [-0.4, -0.2) is 24.0 Å². The van der Waals surface area contributed by atoms with Gasteiger partial charge in [-0.2, -0.15) is 0 Å². The fourth-order valence-corrected chi connectivity index (χ4v) is 3.03. The molecule has 5 N–H and O–H groups in total. The van der Waals surface area contributed by atoms with Crippen LogP contribution < -0.4 is 21.7 Å². The molecule has 1 fully saturated rings. The Kier molecular flexibility index (Phi) is 7.51. The summed E-state index contributed by atoms with van der Waals surface area (Å²) in [6, 6.07) is 6.84. The highest BCUT2D eigenvalue weighted by Crippen LogP contribution is 2.32. The highest BCUT2D eigenvalue weighted by Gasteiger charge is 2.37. The normalized spacial score (nSPS) is 22.9. The van der Waals surface area contributed by atoms with Crippen LogP contribution in [0.4, 0.5) is 16.2 Å². The van der Waals surface area contributed by atoms with Crippen LogP contribution in [-0.2, 0) is 4.79 Å². The van der Waals surface area contributed by atoms with Crippen LogP contribution in [0.5, 0.6) is 0 Å². The molecule has 7 heteroatoms. The molecule has 0 aliphatic heterocycles. The van der Waals surface area contributed by atoms with E-state index in [1.165, 1.54) is 0 Å². The average molecular weight is 355 g/mol. The molecule has 1 aromatic carbocycles. The SMILES string of the molecule is CCNC(=O)Nc1cccc(NC(=O)C2CCCCC2(C)N)c1.Cl. The number of urea groups is 1. The van der Waals surface area contributed by atoms with Crippen LogP contribution in [0.15, 0.2) is 24.3 Å². The number of halogens is 1. The van der Waals surface area contributed by atoms with Crippen molar-refractivity contribution in [2.45, 2.75) is 45.1 Å². The third-order valence-electron chi connectivity index (χ3n) is 4.30. The highest BCUT2D eigenvalue weighted by atomic mass is 35.5. The maximum Gasteiger partial charge on any atom is 0.319 e. The standard InChI is InChI=1S/C17H26N4O2.ClH/c1-3-19-16(23)21-13-8-6-7-12(11-13)20-15(22)14-9-4-5-10-17(14,2)18;/h6-8,11,14H,3-5,9-10,18H2,1-2H3,(H,20,22)(H2,19,21,23);1H. The number of nitrogens with one attached hydrogen (secondary N) is 3. The summed E-state index contributed by atoms with van der Waals surface area (Å²) in [6.07, 6.45) is 3.78. The summed E-state index contributed by atoms with van der Waals surface area (Å²) < 4.78 is 0. The van der Waals surface area contributed by atoms with Crippen molar-refractivity contribution in [2.24, 2.45) is 11.7 Å². The van der Waals surface area contributed by atoms with Gasteiger partial charge in [-0.1, -0.05) is 18.9 Å². The van der Waals surface area contributed by atoms with Crippen molar-refractivity contribution in [3.63, 3.8) is 0 Å². The quantitative estimate of drug-likeness (QED) is 0.669. The summed E-state index contributed by atoms with van der Waals surface area (Å²) in [4.78, 5) is 24.1. The summed E-state index contributed by atoms with van der Waals surface area (Å²) in [6.45, 7) is 4.35. The van der Waals surface area contributed by atoms with Gasteiger partial charge in [0.2, 0.25) is 5.91 Å². The Hall–Kier alpha value is -1.79. The van der Waals surface area contributed by atoms with E-state index in [0.29, 0.717) is 17.9 Å². The highest BCUT2D eigenvalue weighted by molar-refractivity contribution is 5.95. The van der Waals surface area contributed by atoms with Crippen LogP contribution in [0.3, 0.4) is 0 Å². The first-order valence-corrected chi connectivity index (χ1v) is 8.17. The number of amides is 3. The van der Waals surface area contributed by atoms with E-state index < -0.39 is 5.54 Å². The molecule has 1 aliphatic carbocycles. The van der Waals surface area contributed by atoms with E-state index in [9.17, 15) is 9.59 Å². The number of nitrogens with two attached hydrogens (primary N) is 1. The Labute approximate surface area is 149 Å².